The Labute approximate surface area is 113 Å². The molecule has 1 heterocycles. The summed E-state index contributed by atoms with van der Waals surface area (Å²) in [5, 5.41) is 9.94. The van der Waals surface area contributed by atoms with E-state index in [0.717, 1.165) is 24.1 Å². The molecular formula is C12H23N5S. The molecule has 0 amide bonds. The van der Waals surface area contributed by atoms with Crippen molar-refractivity contribution < 1.29 is 0 Å². The molecule has 102 valence electrons. The summed E-state index contributed by atoms with van der Waals surface area (Å²) in [4.78, 5) is 2.57. The second-order valence-electron chi connectivity index (χ2n) is 5.41. The highest BCUT2D eigenvalue weighted by Crippen LogP contribution is 2.26. The van der Waals surface area contributed by atoms with Crippen molar-refractivity contribution in [1.29, 1.82) is 0 Å². The second kappa shape index (κ2) is 6.45. The lowest BCUT2D eigenvalue weighted by molar-refractivity contribution is 0.168. The van der Waals surface area contributed by atoms with Crippen molar-refractivity contribution in [1.82, 2.24) is 15.1 Å². The Hall–Kier alpha value is -0.720. The first-order chi connectivity index (χ1) is 8.69. The molecule has 0 radical (unpaired) electrons. The van der Waals surface area contributed by atoms with Crippen LogP contribution in [0.25, 0.3) is 0 Å². The van der Waals surface area contributed by atoms with Gasteiger partial charge in [-0.15, -0.1) is 10.2 Å². The minimum absolute atomic E-state index is 0.686. The van der Waals surface area contributed by atoms with Crippen LogP contribution < -0.4 is 11.3 Å². The zero-order chi connectivity index (χ0) is 13.0. The van der Waals surface area contributed by atoms with Gasteiger partial charge in [-0.3, -0.25) is 10.3 Å². The van der Waals surface area contributed by atoms with Gasteiger partial charge in [0.2, 0.25) is 5.13 Å². The maximum atomic E-state index is 5.34. The molecule has 0 atom stereocenters. The van der Waals surface area contributed by atoms with Crippen molar-refractivity contribution >= 4 is 16.5 Å². The van der Waals surface area contributed by atoms with E-state index >= 15 is 0 Å². The highest BCUT2D eigenvalue weighted by atomic mass is 32.1. The molecule has 1 aromatic rings. The van der Waals surface area contributed by atoms with E-state index in [1.807, 2.05) is 0 Å². The molecule has 3 N–H and O–H groups in total. The minimum atomic E-state index is 0.686. The van der Waals surface area contributed by atoms with Gasteiger partial charge in [0.15, 0.2) is 0 Å². The van der Waals surface area contributed by atoms with Crippen molar-refractivity contribution in [3.8, 4) is 0 Å². The first-order valence-corrected chi connectivity index (χ1v) is 7.53. The molecule has 2 rings (SSSR count). The van der Waals surface area contributed by atoms with Crippen LogP contribution in [0.15, 0.2) is 0 Å². The fraction of sp³-hybridized carbons (Fsp3) is 0.833. The quantitative estimate of drug-likeness (QED) is 0.612. The zero-order valence-electron chi connectivity index (χ0n) is 11.2. The molecule has 1 aliphatic carbocycles. The summed E-state index contributed by atoms with van der Waals surface area (Å²) in [6.07, 6.45) is 5.39. The molecule has 1 saturated carbocycles. The molecule has 5 nitrogen and oxygen atoms in total. The van der Waals surface area contributed by atoms with E-state index in [1.165, 1.54) is 25.7 Å². The Bertz CT molecular complexity index is 359. The highest BCUT2D eigenvalue weighted by molar-refractivity contribution is 7.15. The van der Waals surface area contributed by atoms with Crippen molar-refractivity contribution in [2.24, 2.45) is 11.8 Å². The topological polar surface area (TPSA) is 67.1 Å². The monoisotopic (exact) mass is 269 g/mol. The van der Waals surface area contributed by atoms with E-state index in [2.05, 4.69) is 34.4 Å². The molecule has 18 heavy (non-hydrogen) atoms. The fourth-order valence-electron chi connectivity index (χ4n) is 2.63. The molecule has 1 aromatic heterocycles. The first kappa shape index (κ1) is 13.7. The van der Waals surface area contributed by atoms with Crippen molar-refractivity contribution in [2.75, 3.05) is 12.0 Å². The zero-order valence-corrected chi connectivity index (χ0v) is 12.0. The Morgan fingerprint density at radius 2 is 2.11 bits per heavy atom. The molecule has 0 aliphatic heterocycles. The summed E-state index contributed by atoms with van der Waals surface area (Å²) < 4.78 is 0. The number of aromatic nitrogens is 2. The predicted molar refractivity (Wildman–Crippen MR) is 75.2 cm³/mol. The number of hydrogen-bond acceptors (Lipinski definition) is 6. The number of nitrogens with zero attached hydrogens (tertiary/aromatic N) is 3. The normalized spacial score (nSPS) is 16.9. The average molecular weight is 269 g/mol. The van der Waals surface area contributed by atoms with Crippen molar-refractivity contribution in [2.45, 2.75) is 52.1 Å². The summed E-state index contributed by atoms with van der Waals surface area (Å²) in [7, 11) is 0. The third-order valence-electron chi connectivity index (χ3n) is 3.37. The second-order valence-corrected chi connectivity index (χ2v) is 6.47. The van der Waals surface area contributed by atoms with Gasteiger partial charge in [0.1, 0.15) is 5.01 Å². The lowest BCUT2D eigenvalue weighted by atomic mass is 10.1. The van der Waals surface area contributed by atoms with E-state index in [4.69, 9.17) is 5.84 Å². The third kappa shape index (κ3) is 3.63. The van der Waals surface area contributed by atoms with Crippen LogP contribution >= 0.6 is 11.3 Å². The Morgan fingerprint density at radius 1 is 1.39 bits per heavy atom. The summed E-state index contributed by atoms with van der Waals surface area (Å²) >= 11 is 1.55. The molecule has 0 spiro atoms. The van der Waals surface area contributed by atoms with Crippen LogP contribution in [-0.4, -0.2) is 27.7 Å². The van der Waals surface area contributed by atoms with Gasteiger partial charge < -0.3 is 0 Å². The summed E-state index contributed by atoms with van der Waals surface area (Å²) in [5.74, 6) is 6.03. The van der Waals surface area contributed by atoms with E-state index in [1.54, 1.807) is 11.3 Å². The highest BCUT2D eigenvalue weighted by Gasteiger charge is 2.24. The van der Waals surface area contributed by atoms with Crippen LogP contribution in [0.3, 0.4) is 0 Å². The largest absolute Gasteiger partial charge is 0.298 e. The summed E-state index contributed by atoms with van der Waals surface area (Å²) in [5.41, 5.74) is 2.56. The Kier molecular flexibility index (Phi) is 4.91. The molecule has 6 heteroatoms. The van der Waals surface area contributed by atoms with Gasteiger partial charge in [-0.25, -0.2) is 5.84 Å². The Balaban J connectivity index is 1.99. The van der Waals surface area contributed by atoms with Crippen LogP contribution in [0.1, 0.15) is 44.5 Å². The SMILES string of the molecule is CC(C)CN(Cc1nnc(NN)s1)C1CCCC1. The number of rotatable bonds is 6. The molecule has 0 unspecified atom stereocenters. The number of anilines is 1. The maximum absolute atomic E-state index is 5.34. The number of nitrogens with two attached hydrogens (primary N) is 1. The lowest BCUT2D eigenvalue weighted by Gasteiger charge is -2.29. The minimum Gasteiger partial charge on any atom is -0.298 e. The summed E-state index contributed by atoms with van der Waals surface area (Å²) in [6.45, 7) is 6.58. The first-order valence-electron chi connectivity index (χ1n) is 6.72. The van der Waals surface area contributed by atoms with Gasteiger partial charge in [0.25, 0.3) is 0 Å². The molecule has 1 aliphatic rings. The third-order valence-corrected chi connectivity index (χ3v) is 4.21. The molecule has 1 fully saturated rings. The van der Waals surface area contributed by atoms with E-state index < -0.39 is 0 Å². The van der Waals surface area contributed by atoms with Gasteiger partial charge in [-0.2, -0.15) is 0 Å². The van der Waals surface area contributed by atoms with Gasteiger partial charge in [-0.05, 0) is 18.8 Å². The van der Waals surface area contributed by atoms with Crippen LogP contribution in [0.4, 0.5) is 5.13 Å². The number of hydrogen-bond donors (Lipinski definition) is 2. The standard InChI is InChI=1S/C12H23N5S/c1-9(2)7-17(10-5-3-4-6-10)8-11-15-16-12(14-13)18-11/h9-10H,3-8,13H2,1-2H3,(H,14,16). The number of nitrogen functional groups attached to an aromatic ring is 1. The van der Waals surface area contributed by atoms with E-state index in [-0.39, 0.29) is 0 Å². The van der Waals surface area contributed by atoms with E-state index in [0.29, 0.717) is 11.0 Å². The molecular weight excluding hydrogens is 246 g/mol. The van der Waals surface area contributed by atoms with E-state index in [9.17, 15) is 0 Å². The molecule has 0 aromatic carbocycles. The lowest BCUT2D eigenvalue weighted by Crippen LogP contribution is -2.35. The van der Waals surface area contributed by atoms with Crippen LogP contribution in [0, 0.1) is 5.92 Å². The van der Waals surface area contributed by atoms with Crippen LogP contribution in [0.2, 0.25) is 0 Å². The number of hydrazine groups is 1. The van der Waals surface area contributed by atoms with Crippen LogP contribution in [0.5, 0.6) is 0 Å². The Morgan fingerprint density at radius 3 is 2.67 bits per heavy atom. The van der Waals surface area contributed by atoms with Gasteiger partial charge in [-0.1, -0.05) is 38.0 Å². The van der Waals surface area contributed by atoms with Gasteiger partial charge >= 0.3 is 0 Å². The molecule has 0 saturated heterocycles. The predicted octanol–water partition coefficient (Wildman–Crippen LogP) is 2.22. The van der Waals surface area contributed by atoms with Gasteiger partial charge in [0.05, 0.1) is 6.54 Å². The van der Waals surface area contributed by atoms with Gasteiger partial charge in [0, 0.05) is 12.6 Å². The van der Waals surface area contributed by atoms with Crippen molar-refractivity contribution in [3.63, 3.8) is 0 Å². The smallest absolute Gasteiger partial charge is 0.219 e. The van der Waals surface area contributed by atoms with Crippen LogP contribution in [-0.2, 0) is 6.54 Å². The fourth-order valence-corrected chi connectivity index (χ4v) is 3.31. The maximum Gasteiger partial charge on any atom is 0.219 e. The van der Waals surface area contributed by atoms with Crippen molar-refractivity contribution in [3.05, 3.63) is 5.01 Å². The molecule has 0 bridgehead atoms. The average Bonchev–Trinajstić information content (AvgIpc) is 2.98. The number of nitrogens with one attached hydrogen (secondary N) is 1. The summed E-state index contributed by atoms with van der Waals surface area (Å²) in [6, 6.07) is 0.727.